The van der Waals surface area contributed by atoms with Crippen molar-refractivity contribution in [1.29, 1.82) is 5.26 Å². The highest BCUT2D eigenvalue weighted by atomic mass is 16.8. The van der Waals surface area contributed by atoms with E-state index >= 15 is 0 Å². The molecule has 7 nitrogen and oxygen atoms in total. The monoisotopic (exact) mass is 257 g/mol. The number of aryl methyl sites for hydroxylation is 3. The Balaban J connectivity index is 2.41. The maximum absolute atomic E-state index is 11.0. The van der Waals surface area contributed by atoms with Crippen LogP contribution in [0.5, 0.6) is 0 Å². The van der Waals surface area contributed by atoms with Crippen molar-refractivity contribution < 1.29 is 9.53 Å². The molecule has 0 aliphatic heterocycles. The van der Waals surface area contributed by atoms with Crippen molar-refractivity contribution in [2.75, 3.05) is 0 Å². The molecule has 1 heterocycles. The summed E-state index contributed by atoms with van der Waals surface area (Å²) in [7, 11) is 0. The average molecular weight is 257 g/mol. The molecule has 0 bridgehead atoms. The first-order chi connectivity index (χ1) is 9.02. The molecule has 7 heteroatoms. The Morgan fingerprint density at radius 1 is 1.26 bits per heavy atom. The molecule has 0 fully saturated rings. The molecule has 0 spiro atoms. The number of azo groups is 1. The summed E-state index contributed by atoms with van der Waals surface area (Å²) in [5, 5.41) is 31.0. The first-order valence-corrected chi connectivity index (χ1v) is 5.52. The molecule has 0 radical (unpaired) electrons. The fourth-order valence-electron chi connectivity index (χ4n) is 1.83. The lowest BCUT2D eigenvalue weighted by molar-refractivity contribution is -0.804. The third-order valence-electron chi connectivity index (χ3n) is 2.58. The highest BCUT2D eigenvalue weighted by molar-refractivity contribution is 5.53. The standard InChI is InChI=1S/C12H11N5O2/c1-7-4-8(2)11(9(3)5-7)14-15-12-10(6-13)17(18)19-16-12/h4-5H,1-3H3. The molecule has 0 amide bonds. The third-order valence-corrected chi connectivity index (χ3v) is 2.58. The Bertz CT molecular complexity index is 674. The minimum Gasteiger partial charge on any atom is -0.358 e. The normalized spacial score (nSPS) is 10.8. The second-order valence-corrected chi connectivity index (χ2v) is 4.16. The summed E-state index contributed by atoms with van der Waals surface area (Å²) in [4.78, 5) is 0.00318. The predicted octanol–water partition coefficient (Wildman–Crippen LogP) is 2.52. The van der Waals surface area contributed by atoms with Gasteiger partial charge in [-0.05, 0) is 36.8 Å². The van der Waals surface area contributed by atoms with Crippen LogP contribution in [0, 0.1) is 37.3 Å². The van der Waals surface area contributed by atoms with E-state index in [0.717, 1.165) is 16.7 Å². The number of nitriles is 1. The molecule has 2 rings (SSSR count). The van der Waals surface area contributed by atoms with Crippen LogP contribution in [0.4, 0.5) is 11.5 Å². The van der Waals surface area contributed by atoms with Crippen LogP contribution in [0.15, 0.2) is 27.0 Å². The molecule has 0 saturated heterocycles. The summed E-state index contributed by atoms with van der Waals surface area (Å²) in [6.07, 6.45) is 0. The quantitative estimate of drug-likeness (QED) is 0.609. The largest absolute Gasteiger partial charge is 0.370 e. The van der Waals surface area contributed by atoms with E-state index in [1.165, 1.54) is 0 Å². The van der Waals surface area contributed by atoms with E-state index in [9.17, 15) is 5.21 Å². The van der Waals surface area contributed by atoms with Crippen molar-refractivity contribution in [3.05, 3.63) is 39.7 Å². The summed E-state index contributed by atoms with van der Waals surface area (Å²) in [5.41, 5.74) is 3.42. The molecule has 0 unspecified atom stereocenters. The zero-order valence-electron chi connectivity index (χ0n) is 10.7. The van der Waals surface area contributed by atoms with Crippen molar-refractivity contribution in [3.63, 3.8) is 0 Å². The van der Waals surface area contributed by atoms with E-state index in [0.29, 0.717) is 5.69 Å². The Morgan fingerprint density at radius 2 is 1.89 bits per heavy atom. The first-order valence-electron chi connectivity index (χ1n) is 5.52. The Morgan fingerprint density at radius 3 is 2.47 bits per heavy atom. The fraction of sp³-hybridized carbons (Fsp3) is 0.250. The van der Waals surface area contributed by atoms with Gasteiger partial charge in [0.2, 0.25) is 0 Å². The van der Waals surface area contributed by atoms with Gasteiger partial charge in [0, 0.05) is 0 Å². The van der Waals surface area contributed by atoms with Gasteiger partial charge in [-0.15, -0.1) is 5.11 Å². The van der Waals surface area contributed by atoms with Crippen LogP contribution in [0.1, 0.15) is 22.4 Å². The number of benzene rings is 1. The number of rotatable bonds is 2. The fourth-order valence-corrected chi connectivity index (χ4v) is 1.83. The van der Waals surface area contributed by atoms with Gasteiger partial charge in [-0.3, -0.25) is 4.63 Å². The second-order valence-electron chi connectivity index (χ2n) is 4.16. The van der Waals surface area contributed by atoms with Crippen LogP contribution in [0.3, 0.4) is 0 Å². The molecule has 0 N–H and O–H groups in total. The second kappa shape index (κ2) is 4.86. The maximum Gasteiger partial charge on any atom is 0.370 e. The van der Waals surface area contributed by atoms with Gasteiger partial charge in [-0.25, -0.2) is 0 Å². The Hall–Kier alpha value is -2.75. The van der Waals surface area contributed by atoms with Crippen LogP contribution in [0.25, 0.3) is 0 Å². The molecule has 0 aliphatic carbocycles. The van der Waals surface area contributed by atoms with Gasteiger partial charge in [-0.2, -0.15) is 5.26 Å². The molecule has 96 valence electrons. The summed E-state index contributed by atoms with van der Waals surface area (Å²) >= 11 is 0. The average Bonchev–Trinajstić information content (AvgIpc) is 2.68. The van der Waals surface area contributed by atoms with Crippen molar-refractivity contribution in [1.82, 2.24) is 5.16 Å². The Labute approximate surface area is 109 Å². The third kappa shape index (κ3) is 2.42. The van der Waals surface area contributed by atoms with E-state index in [-0.39, 0.29) is 16.4 Å². The van der Waals surface area contributed by atoms with Crippen LogP contribution >= 0.6 is 0 Å². The number of aromatic nitrogens is 2. The topological polar surface area (TPSA) is 101 Å². The van der Waals surface area contributed by atoms with Gasteiger partial charge < -0.3 is 5.21 Å². The summed E-state index contributed by atoms with van der Waals surface area (Å²) in [5.74, 6) is -0.128. The predicted molar refractivity (Wildman–Crippen MR) is 65.0 cm³/mol. The van der Waals surface area contributed by atoms with Crippen molar-refractivity contribution in [3.8, 4) is 6.07 Å². The van der Waals surface area contributed by atoms with Gasteiger partial charge >= 0.3 is 11.5 Å². The van der Waals surface area contributed by atoms with Crippen LogP contribution < -0.4 is 4.90 Å². The SMILES string of the molecule is Cc1cc(C)c(N=Nc2no[n+]([O-])c2C#N)c(C)c1. The van der Waals surface area contributed by atoms with Crippen LogP contribution in [0.2, 0.25) is 0 Å². The molecular formula is C12H11N5O2. The summed E-state index contributed by atoms with van der Waals surface area (Å²) in [6, 6.07) is 5.61. The summed E-state index contributed by atoms with van der Waals surface area (Å²) < 4.78 is 4.29. The first kappa shape index (κ1) is 12.7. The van der Waals surface area contributed by atoms with E-state index in [1.807, 2.05) is 32.9 Å². The maximum atomic E-state index is 11.0. The molecule has 1 aromatic carbocycles. The molecule has 2 aromatic rings. The van der Waals surface area contributed by atoms with E-state index in [1.54, 1.807) is 6.07 Å². The Kier molecular flexibility index (Phi) is 3.25. The van der Waals surface area contributed by atoms with Gasteiger partial charge in [0.25, 0.3) is 0 Å². The van der Waals surface area contributed by atoms with E-state index < -0.39 is 0 Å². The van der Waals surface area contributed by atoms with Gasteiger partial charge in [0.1, 0.15) is 0 Å². The lowest BCUT2D eigenvalue weighted by Gasteiger charge is -2.04. The molecule has 0 atom stereocenters. The molecule has 0 aliphatic rings. The summed E-state index contributed by atoms with van der Waals surface area (Å²) in [6.45, 7) is 5.82. The molecule has 0 saturated carbocycles. The van der Waals surface area contributed by atoms with Crippen LogP contribution in [-0.4, -0.2) is 5.16 Å². The van der Waals surface area contributed by atoms with Gasteiger partial charge in [0.05, 0.1) is 10.8 Å². The van der Waals surface area contributed by atoms with Gasteiger partial charge in [0.15, 0.2) is 6.07 Å². The minimum atomic E-state index is -0.314. The number of hydrogen-bond donors (Lipinski definition) is 0. The van der Waals surface area contributed by atoms with Crippen molar-refractivity contribution >= 4 is 11.5 Å². The number of hydrogen-bond acceptors (Lipinski definition) is 6. The minimum absolute atomic E-state index is 0.00318. The molecule has 1 aromatic heterocycles. The highest BCUT2D eigenvalue weighted by Gasteiger charge is 2.18. The number of nitrogens with zero attached hydrogens (tertiary/aromatic N) is 5. The molecule has 19 heavy (non-hydrogen) atoms. The van der Waals surface area contributed by atoms with E-state index in [2.05, 4.69) is 20.0 Å². The molecular weight excluding hydrogens is 246 g/mol. The van der Waals surface area contributed by atoms with Gasteiger partial charge in [-0.1, -0.05) is 22.8 Å². The smallest absolute Gasteiger partial charge is 0.358 e. The zero-order valence-corrected chi connectivity index (χ0v) is 10.7. The zero-order chi connectivity index (χ0) is 14.0. The van der Waals surface area contributed by atoms with E-state index in [4.69, 9.17) is 5.26 Å². The van der Waals surface area contributed by atoms with Crippen LogP contribution in [-0.2, 0) is 0 Å². The highest BCUT2D eigenvalue weighted by Crippen LogP contribution is 2.27. The lowest BCUT2D eigenvalue weighted by Crippen LogP contribution is -2.25. The lowest BCUT2D eigenvalue weighted by atomic mass is 10.1. The van der Waals surface area contributed by atoms with Crippen molar-refractivity contribution in [2.45, 2.75) is 20.8 Å². The van der Waals surface area contributed by atoms with Crippen molar-refractivity contribution in [2.24, 2.45) is 10.2 Å².